The third-order valence-electron chi connectivity index (χ3n) is 5.35. The van der Waals surface area contributed by atoms with Gasteiger partial charge in [-0.05, 0) is 30.2 Å². The van der Waals surface area contributed by atoms with E-state index in [2.05, 4.69) is 15.6 Å². The van der Waals surface area contributed by atoms with Crippen molar-refractivity contribution in [2.45, 2.75) is 25.0 Å². The zero-order valence-corrected chi connectivity index (χ0v) is 17.5. The fourth-order valence-electron chi connectivity index (χ4n) is 3.51. The fourth-order valence-corrected chi connectivity index (χ4v) is 3.51. The minimum absolute atomic E-state index is 0.0634. The summed E-state index contributed by atoms with van der Waals surface area (Å²) in [6.07, 6.45) is -2.39. The number of hydrogen-bond donors (Lipinski definition) is 5. The number of carbonyl (C=O) groups is 2. The lowest BCUT2D eigenvalue weighted by Crippen LogP contribution is -2.73. The maximum atomic E-state index is 13.2. The van der Waals surface area contributed by atoms with Gasteiger partial charge in [-0.1, -0.05) is 24.3 Å². The molecule has 0 aliphatic carbocycles. The summed E-state index contributed by atoms with van der Waals surface area (Å²) < 4.78 is 32.1. The minimum atomic E-state index is -2.63. The van der Waals surface area contributed by atoms with Gasteiger partial charge in [0.1, 0.15) is 24.9 Å². The van der Waals surface area contributed by atoms with E-state index in [0.29, 0.717) is 23.4 Å². The maximum Gasteiger partial charge on any atom is 0.317 e. The number of halogens is 2. The smallest absolute Gasteiger partial charge is 0.317 e. The molecule has 2 aromatic rings. The molecule has 1 atom stereocenters. The van der Waals surface area contributed by atoms with Crippen molar-refractivity contribution in [2.75, 3.05) is 25.9 Å². The third kappa shape index (κ3) is 4.70. The molecule has 0 aromatic heterocycles. The van der Waals surface area contributed by atoms with Crippen LogP contribution in [0.2, 0.25) is 0 Å². The summed E-state index contributed by atoms with van der Waals surface area (Å²) in [5.41, 5.74) is 5.49. The van der Waals surface area contributed by atoms with Gasteiger partial charge in [0.15, 0.2) is 0 Å². The molecule has 2 aromatic carbocycles. The first-order valence-electron chi connectivity index (χ1n) is 9.96. The second kappa shape index (κ2) is 9.73. The average molecular weight is 447 g/mol. The molecule has 32 heavy (non-hydrogen) atoms. The zero-order chi connectivity index (χ0) is 23.3. The van der Waals surface area contributed by atoms with Crippen LogP contribution < -0.4 is 26.1 Å². The van der Waals surface area contributed by atoms with Crippen molar-refractivity contribution in [2.24, 2.45) is 0 Å². The quantitative estimate of drug-likeness (QED) is 0.279. The number of aliphatic hydroxyl groups is 1. The molecule has 1 fully saturated rings. The van der Waals surface area contributed by atoms with Gasteiger partial charge in [-0.15, -0.1) is 0 Å². The molecule has 1 saturated heterocycles. The number of hydrogen-bond acceptors (Lipinski definition) is 5. The molecular weight excluding hydrogens is 422 g/mol. The van der Waals surface area contributed by atoms with Crippen molar-refractivity contribution in [3.63, 3.8) is 0 Å². The van der Waals surface area contributed by atoms with E-state index in [-0.39, 0.29) is 30.0 Å². The fraction of sp³-hybridized carbons (Fsp3) is 0.318. The van der Waals surface area contributed by atoms with Gasteiger partial charge < -0.3 is 26.2 Å². The van der Waals surface area contributed by atoms with E-state index in [1.807, 2.05) is 0 Å². The van der Waals surface area contributed by atoms with Crippen LogP contribution in [0.25, 0.3) is 0 Å². The molecule has 0 spiro atoms. The standard InChI is InChI=1S/C22H24F2N4O4/c1-26-18(20(30)28-22(12-29)8-9-27-21(22)31)16-10-14(6-7-17(16)25)32-11-13-4-2-3-5-15(13)19(23)24/h2-7,10,19,29H,8-9,11-12,25H2,1H3,(H,27,31)(H,28,30)/p+1. The van der Waals surface area contributed by atoms with Gasteiger partial charge in [0, 0.05) is 17.8 Å². The van der Waals surface area contributed by atoms with Crippen LogP contribution in [-0.2, 0) is 16.2 Å². The molecular formula is C22H25F2N4O4+. The molecule has 1 aliphatic heterocycles. The molecule has 0 saturated carbocycles. The number of nitrogens with one attached hydrogen (secondary N) is 3. The Kier molecular flexibility index (Phi) is 7.04. The number of alkyl halides is 2. The molecule has 8 nitrogen and oxygen atoms in total. The topological polar surface area (TPSA) is 128 Å². The molecule has 2 amide bonds. The molecule has 0 radical (unpaired) electrons. The zero-order valence-electron chi connectivity index (χ0n) is 17.5. The van der Waals surface area contributed by atoms with Gasteiger partial charge in [0.2, 0.25) is 5.91 Å². The van der Waals surface area contributed by atoms with Crippen molar-refractivity contribution in [3.05, 3.63) is 59.2 Å². The highest BCUT2D eigenvalue weighted by atomic mass is 19.3. The molecule has 10 heteroatoms. The Morgan fingerprint density at radius 1 is 1.34 bits per heavy atom. The van der Waals surface area contributed by atoms with E-state index in [1.54, 1.807) is 18.2 Å². The molecule has 170 valence electrons. The van der Waals surface area contributed by atoms with E-state index in [4.69, 9.17) is 10.5 Å². The number of ether oxygens (including phenoxy) is 1. The van der Waals surface area contributed by atoms with E-state index >= 15 is 0 Å². The number of carbonyl (C=O) groups excluding carboxylic acids is 2. The summed E-state index contributed by atoms with van der Waals surface area (Å²) in [7, 11) is 1.51. The maximum absolute atomic E-state index is 13.2. The van der Waals surface area contributed by atoms with Crippen molar-refractivity contribution in [1.82, 2.24) is 10.6 Å². The summed E-state index contributed by atoms with van der Waals surface area (Å²) in [4.78, 5) is 27.8. The lowest BCUT2D eigenvalue weighted by Gasteiger charge is -2.24. The SMILES string of the molecule is C[NH+]=C(C(=O)NC1(CO)CCNC1=O)c1cc(OCc2ccccc2C(F)F)ccc1N. The van der Waals surface area contributed by atoms with Gasteiger partial charge in [-0.3, -0.25) is 9.59 Å². The Morgan fingerprint density at radius 3 is 2.72 bits per heavy atom. The lowest BCUT2D eigenvalue weighted by molar-refractivity contribution is -0.418. The van der Waals surface area contributed by atoms with E-state index in [9.17, 15) is 23.5 Å². The van der Waals surface area contributed by atoms with E-state index in [1.165, 1.54) is 31.3 Å². The first-order chi connectivity index (χ1) is 15.3. The summed E-state index contributed by atoms with van der Waals surface area (Å²) in [6, 6.07) is 10.7. The number of aliphatic hydroxyl groups excluding tert-OH is 1. The van der Waals surface area contributed by atoms with Gasteiger partial charge in [0.25, 0.3) is 12.1 Å². The summed E-state index contributed by atoms with van der Waals surface area (Å²) in [6.45, 7) is -0.317. The summed E-state index contributed by atoms with van der Waals surface area (Å²) in [5, 5.41) is 14.9. The van der Waals surface area contributed by atoms with E-state index in [0.717, 1.165) is 0 Å². The largest absolute Gasteiger partial charge is 0.489 e. The number of benzene rings is 2. The van der Waals surface area contributed by atoms with Gasteiger partial charge >= 0.3 is 5.91 Å². The van der Waals surface area contributed by atoms with Crippen molar-refractivity contribution in [3.8, 4) is 5.75 Å². The number of nitrogens with two attached hydrogens (primary N) is 1. The van der Waals surface area contributed by atoms with E-state index < -0.39 is 30.4 Å². The third-order valence-corrected chi connectivity index (χ3v) is 5.35. The molecule has 3 rings (SSSR count). The molecule has 0 bridgehead atoms. The first kappa shape index (κ1) is 23.1. The Balaban J connectivity index is 1.81. The van der Waals surface area contributed by atoms with Crippen LogP contribution in [0.15, 0.2) is 42.5 Å². The molecule has 1 unspecified atom stereocenters. The molecule has 1 aliphatic rings. The Labute approximate surface area is 183 Å². The van der Waals surface area contributed by atoms with Gasteiger partial charge in [-0.2, -0.15) is 0 Å². The van der Waals surface area contributed by atoms with Crippen LogP contribution in [0.5, 0.6) is 5.75 Å². The number of anilines is 1. The second-order valence-corrected chi connectivity index (χ2v) is 7.36. The van der Waals surface area contributed by atoms with Gasteiger partial charge in [-0.25, -0.2) is 13.8 Å². The highest BCUT2D eigenvalue weighted by Gasteiger charge is 2.44. The second-order valence-electron chi connectivity index (χ2n) is 7.36. The number of nitrogen functional groups attached to an aromatic ring is 1. The Morgan fingerprint density at radius 2 is 2.09 bits per heavy atom. The van der Waals surface area contributed by atoms with Gasteiger partial charge in [0.05, 0.1) is 12.2 Å². The predicted octanol–water partition coefficient (Wildman–Crippen LogP) is -0.348. The van der Waals surface area contributed by atoms with Crippen molar-refractivity contribution >= 4 is 23.2 Å². The number of rotatable bonds is 8. The highest BCUT2D eigenvalue weighted by Crippen LogP contribution is 2.26. The van der Waals surface area contributed by atoms with Crippen molar-refractivity contribution in [1.29, 1.82) is 0 Å². The van der Waals surface area contributed by atoms with Crippen LogP contribution in [0.3, 0.4) is 0 Å². The van der Waals surface area contributed by atoms with Crippen molar-refractivity contribution < 1.29 is 33.2 Å². The predicted molar refractivity (Wildman–Crippen MR) is 113 cm³/mol. The summed E-state index contributed by atoms with van der Waals surface area (Å²) in [5.74, 6) is -0.786. The normalized spacial score (nSPS) is 18.5. The van der Waals surface area contributed by atoms with Crippen LogP contribution in [-0.4, -0.2) is 48.4 Å². The van der Waals surface area contributed by atoms with Crippen LogP contribution >= 0.6 is 0 Å². The first-order valence-corrected chi connectivity index (χ1v) is 9.96. The Bertz CT molecular complexity index is 1040. The monoisotopic (exact) mass is 447 g/mol. The molecule has 1 heterocycles. The summed E-state index contributed by atoms with van der Waals surface area (Å²) >= 11 is 0. The van der Waals surface area contributed by atoms with Crippen LogP contribution in [0, 0.1) is 0 Å². The number of amides is 2. The molecule has 6 N–H and O–H groups in total. The highest BCUT2D eigenvalue weighted by molar-refractivity contribution is 6.44. The average Bonchev–Trinajstić information content (AvgIpc) is 3.14. The van der Waals surface area contributed by atoms with Crippen LogP contribution in [0.4, 0.5) is 14.5 Å². The lowest BCUT2D eigenvalue weighted by atomic mass is 9.97. The van der Waals surface area contributed by atoms with Crippen LogP contribution in [0.1, 0.15) is 29.5 Å². The minimum Gasteiger partial charge on any atom is -0.489 e. The Hall–Kier alpha value is -3.53.